The largest absolute Gasteiger partial charge is 0.491 e. The summed E-state index contributed by atoms with van der Waals surface area (Å²) < 4.78 is 6.14. The molecule has 2 aromatic rings. The molecule has 1 N–H and O–H groups in total. The van der Waals surface area contributed by atoms with Crippen molar-refractivity contribution in [3.05, 3.63) is 58.9 Å². The number of ether oxygens (including phenoxy) is 1. The number of piperidine rings is 2. The minimum Gasteiger partial charge on any atom is -0.491 e. The zero-order valence-electron chi connectivity index (χ0n) is 21.5. The van der Waals surface area contributed by atoms with Crippen molar-refractivity contribution in [1.82, 2.24) is 20.1 Å². The van der Waals surface area contributed by atoms with E-state index < -0.39 is 17.4 Å². The first-order chi connectivity index (χ1) is 18.9. The highest BCUT2D eigenvalue weighted by Crippen LogP contribution is 2.46. The van der Waals surface area contributed by atoms with Gasteiger partial charge >= 0.3 is 0 Å². The molecule has 1 aromatic carbocycles. The average Bonchev–Trinajstić information content (AvgIpc) is 3.70. The molecule has 0 bridgehead atoms. The van der Waals surface area contributed by atoms with Crippen LogP contribution in [0.3, 0.4) is 0 Å². The smallest absolute Gasteiger partial charge is 0.255 e. The fourth-order valence-electron chi connectivity index (χ4n) is 5.82. The van der Waals surface area contributed by atoms with E-state index >= 15 is 0 Å². The molecule has 39 heavy (non-hydrogen) atoms. The van der Waals surface area contributed by atoms with Crippen LogP contribution in [0.1, 0.15) is 76.9 Å². The summed E-state index contributed by atoms with van der Waals surface area (Å²) in [4.78, 5) is 58.0. The Labute approximate surface area is 225 Å². The summed E-state index contributed by atoms with van der Waals surface area (Å²) in [6.45, 7) is 1.23. The topological polar surface area (TPSA) is 133 Å². The third-order valence-corrected chi connectivity index (χ3v) is 8.29. The Morgan fingerprint density at radius 1 is 1.15 bits per heavy atom. The van der Waals surface area contributed by atoms with Gasteiger partial charge in [-0.25, -0.2) is 0 Å². The molecule has 1 aliphatic carbocycles. The highest BCUT2D eigenvalue weighted by Gasteiger charge is 2.46. The number of nitriles is 1. The molecule has 6 rings (SSSR count). The number of aromatic nitrogens is 1. The van der Waals surface area contributed by atoms with E-state index in [1.54, 1.807) is 30.5 Å². The van der Waals surface area contributed by atoms with E-state index in [0.717, 1.165) is 37.7 Å². The molecule has 0 spiro atoms. The molecule has 2 atom stereocenters. The van der Waals surface area contributed by atoms with Gasteiger partial charge in [0.15, 0.2) is 0 Å². The zero-order chi connectivity index (χ0) is 27.1. The van der Waals surface area contributed by atoms with E-state index in [0.29, 0.717) is 42.1 Å². The number of fused-ring (bicyclic) bond motifs is 1. The van der Waals surface area contributed by atoms with Gasteiger partial charge < -0.3 is 14.5 Å². The first-order valence-corrected chi connectivity index (χ1v) is 13.5. The number of hydrogen-bond donors (Lipinski definition) is 1. The van der Waals surface area contributed by atoms with Crippen LogP contribution in [-0.2, 0) is 21.5 Å². The second-order valence-corrected chi connectivity index (χ2v) is 10.8. The number of imide groups is 1. The molecule has 1 saturated carbocycles. The van der Waals surface area contributed by atoms with Crippen molar-refractivity contribution in [3.63, 3.8) is 0 Å². The van der Waals surface area contributed by atoms with Gasteiger partial charge in [0.25, 0.3) is 11.8 Å². The first-order valence-electron chi connectivity index (χ1n) is 13.5. The van der Waals surface area contributed by atoms with Crippen LogP contribution < -0.4 is 10.1 Å². The number of rotatable bonds is 6. The molecule has 2 saturated heterocycles. The Hall–Kier alpha value is -4.26. The Balaban J connectivity index is 1.13. The second kappa shape index (κ2) is 9.80. The SMILES string of the molecule is N#CC1(c2cc(C(=O)N3CCCC[C@@H]3COc3ccc4c(c3)CN(C3CCC(=O)NC3=O)C4=O)ccn2)CC1. The van der Waals surface area contributed by atoms with Gasteiger partial charge in [-0.2, -0.15) is 5.26 Å². The number of nitrogens with zero attached hydrogens (tertiary/aromatic N) is 4. The van der Waals surface area contributed by atoms with Crippen molar-refractivity contribution in [3.8, 4) is 11.8 Å². The molecule has 1 unspecified atom stereocenters. The maximum Gasteiger partial charge on any atom is 0.255 e. The normalized spacial score (nSPS) is 23.6. The summed E-state index contributed by atoms with van der Waals surface area (Å²) in [5, 5.41) is 11.8. The predicted molar refractivity (Wildman–Crippen MR) is 137 cm³/mol. The first kappa shape index (κ1) is 25.0. The van der Waals surface area contributed by atoms with Crippen molar-refractivity contribution >= 4 is 23.6 Å². The van der Waals surface area contributed by atoms with Crippen molar-refractivity contribution in [1.29, 1.82) is 5.26 Å². The van der Waals surface area contributed by atoms with E-state index in [-0.39, 0.29) is 36.7 Å². The fourth-order valence-corrected chi connectivity index (χ4v) is 5.82. The molecule has 10 nitrogen and oxygen atoms in total. The highest BCUT2D eigenvalue weighted by atomic mass is 16.5. The van der Waals surface area contributed by atoms with Crippen molar-refractivity contribution in [2.24, 2.45) is 0 Å². The molecular weight excluding hydrogens is 498 g/mol. The van der Waals surface area contributed by atoms with Crippen molar-refractivity contribution < 1.29 is 23.9 Å². The van der Waals surface area contributed by atoms with Gasteiger partial charge in [0, 0.05) is 36.8 Å². The monoisotopic (exact) mass is 527 g/mol. The molecule has 4 aliphatic rings. The highest BCUT2D eigenvalue weighted by molar-refractivity contribution is 6.05. The zero-order valence-corrected chi connectivity index (χ0v) is 21.5. The van der Waals surface area contributed by atoms with Crippen LogP contribution >= 0.6 is 0 Å². The standard InChI is InChI=1S/C29H29N5O5/c30-17-29(9-10-29)24-14-18(8-11-31-24)27(37)33-12-2-1-3-20(33)16-39-21-4-5-22-19(13-21)15-34(28(22)38)23-6-7-25(35)32-26(23)36/h4-5,8,11,13-14,20,23H,1-3,6-7,9-10,12,15-16H2,(H,32,35,36)/t20-,23?/m1/s1. The number of carbonyl (C=O) groups excluding carboxylic acids is 4. The molecule has 4 heterocycles. The van der Waals surface area contributed by atoms with Crippen LogP contribution in [0.5, 0.6) is 5.75 Å². The number of likely N-dealkylation sites (tertiary alicyclic amines) is 1. The number of pyridine rings is 1. The Kier molecular flexibility index (Phi) is 6.29. The molecule has 3 aliphatic heterocycles. The quantitative estimate of drug-likeness (QED) is 0.571. The summed E-state index contributed by atoms with van der Waals surface area (Å²) in [7, 11) is 0. The van der Waals surface area contributed by atoms with Crippen molar-refractivity contribution in [2.75, 3.05) is 13.2 Å². The lowest BCUT2D eigenvalue weighted by atomic mass is 9.99. The van der Waals surface area contributed by atoms with Gasteiger partial charge in [0.2, 0.25) is 11.8 Å². The summed E-state index contributed by atoms with van der Waals surface area (Å²) in [5.41, 5.74) is 1.96. The van der Waals surface area contributed by atoms with E-state index in [1.807, 2.05) is 11.0 Å². The van der Waals surface area contributed by atoms with Crippen molar-refractivity contribution in [2.45, 2.75) is 69.0 Å². The van der Waals surface area contributed by atoms with Gasteiger partial charge in [-0.3, -0.25) is 29.5 Å². The van der Waals surface area contributed by atoms with Crippen LogP contribution in [-0.4, -0.2) is 63.6 Å². The summed E-state index contributed by atoms with van der Waals surface area (Å²) in [6, 6.07) is 10.3. The minimum absolute atomic E-state index is 0.0832. The van der Waals surface area contributed by atoms with Crippen LogP contribution in [0.4, 0.5) is 0 Å². The van der Waals surface area contributed by atoms with E-state index in [9.17, 15) is 24.4 Å². The molecule has 10 heteroatoms. The molecular formula is C29H29N5O5. The molecule has 0 radical (unpaired) electrons. The second-order valence-electron chi connectivity index (χ2n) is 10.8. The number of amides is 4. The Morgan fingerprint density at radius 2 is 2.00 bits per heavy atom. The molecule has 3 fully saturated rings. The lowest BCUT2D eigenvalue weighted by Crippen LogP contribution is -2.52. The summed E-state index contributed by atoms with van der Waals surface area (Å²) >= 11 is 0. The lowest BCUT2D eigenvalue weighted by Gasteiger charge is -2.35. The molecule has 1 aromatic heterocycles. The van der Waals surface area contributed by atoms with Crippen LogP contribution in [0, 0.1) is 11.3 Å². The van der Waals surface area contributed by atoms with Gasteiger partial charge in [-0.15, -0.1) is 0 Å². The van der Waals surface area contributed by atoms with Crippen LogP contribution in [0.25, 0.3) is 0 Å². The maximum atomic E-state index is 13.5. The summed E-state index contributed by atoms with van der Waals surface area (Å²) in [6.07, 6.45) is 6.41. The lowest BCUT2D eigenvalue weighted by molar-refractivity contribution is -0.136. The summed E-state index contributed by atoms with van der Waals surface area (Å²) in [5.74, 6) is -0.464. The van der Waals surface area contributed by atoms with Gasteiger partial charge in [-0.1, -0.05) is 0 Å². The maximum absolute atomic E-state index is 13.5. The fraction of sp³-hybridized carbons (Fsp3) is 0.448. The predicted octanol–water partition coefficient (Wildman–Crippen LogP) is 2.47. The number of benzene rings is 1. The van der Waals surface area contributed by atoms with E-state index in [1.165, 1.54) is 4.90 Å². The van der Waals surface area contributed by atoms with E-state index in [2.05, 4.69) is 16.4 Å². The van der Waals surface area contributed by atoms with E-state index in [4.69, 9.17) is 4.74 Å². The third kappa shape index (κ3) is 4.62. The molecule has 200 valence electrons. The number of hydrogen-bond acceptors (Lipinski definition) is 7. The van der Waals surface area contributed by atoms with Gasteiger partial charge in [0.05, 0.1) is 23.2 Å². The average molecular weight is 528 g/mol. The minimum atomic E-state index is -0.662. The number of nitrogens with one attached hydrogen (secondary N) is 1. The Morgan fingerprint density at radius 3 is 2.77 bits per heavy atom. The van der Waals surface area contributed by atoms with Gasteiger partial charge in [-0.05, 0) is 74.4 Å². The van der Waals surface area contributed by atoms with Crippen LogP contribution in [0.2, 0.25) is 0 Å². The van der Waals surface area contributed by atoms with Gasteiger partial charge in [0.1, 0.15) is 18.4 Å². The van der Waals surface area contributed by atoms with Crippen LogP contribution in [0.15, 0.2) is 36.5 Å². The third-order valence-electron chi connectivity index (χ3n) is 8.29. The molecule has 4 amide bonds. The Bertz CT molecular complexity index is 1410. The number of carbonyl (C=O) groups is 4.